The summed E-state index contributed by atoms with van der Waals surface area (Å²) in [6.07, 6.45) is 3.77. The van der Waals surface area contributed by atoms with Gasteiger partial charge in [-0.1, -0.05) is 24.3 Å². The number of ether oxygens (including phenoxy) is 2. The van der Waals surface area contributed by atoms with Crippen LogP contribution in [0.2, 0.25) is 0 Å². The third-order valence-corrected chi connectivity index (χ3v) is 6.09. The van der Waals surface area contributed by atoms with Crippen LogP contribution in [0.25, 0.3) is 5.76 Å². The van der Waals surface area contributed by atoms with E-state index < -0.39 is 17.7 Å². The number of aromatic nitrogens is 1. The summed E-state index contributed by atoms with van der Waals surface area (Å²) < 4.78 is 11.0. The third-order valence-electron chi connectivity index (χ3n) is 6.09. The van der Waals surface area contributed by atoms with Crippen molar-refractivity contribution in [3.05, 3.63) is 101 Å². The first kappa shape index (κ1) is 24.2. The zero-order valence-electron chi connectivity index (χ0n) is 19.8. The summed E-state index contributed by atoms with van der Waals surface area (Å²) in [6.45, 7) is 3.24. The van der Waals surface area contributed by atoms with Crippen molar-refractivity contribution in [1.82, 2.24) is 9.88 Å². The Morgan fingerprint density at radius 3 is 2.43 bits per heavy atom. The minimum atomic E-state index is -0.707. The van der Waals surface area contributed by atoms with Crippen molar-refractivity contribution in [2.45, 2.75) is 26.0 Å². The van der Waals surface area contributed by atoms with E-state index in [4.69, 9.17) is 9.47 Å². The molecule has 3 aromatic rings. The highest BCUT2D eigenvalue weighted by Gasteiger charge is 2.45. The second-order valence-corrected chi connectivity index (χ2v) is 8.36. The van der Waals surface area contributed by atoms with Crippen LogP contribution >= 0.6 is 0 Å². The Kier molecular flexibility index (Phi) is 7.57. The molecule has 1 aliphatic rings. The molecule has 1 amide bonds. The van der Waals surface area contributed by atoms with E-state index in [0.29, 0.717) is 43.1 Å². The van der Waals surface area contributed by atoms with E-state index in [1.165, 1.54) is 4.90 Å². The summed E-state index contributed by atoms with van der Waals surface area (Å²) in [4.78, 5) is 31.4. The molecule has 1 aliphatic heterocycles. The molecule has 0 radical (unpaired) electrons. The molecule has 1 fully saturated rings. The number of pyridine rings is 1. The zero-order valence-corrected chi connectivity index (χ0v) is 19.8. The Balaban J connectivity index is 1.62. The van der Waals surface area contributed by atoms with E-state index in [0.717, 1.165) is 11.1 Å². The number of likely N-dealkylation sites (tertiary alicyclic amines) is 1. The standard InChI is InChI=1S/C28H28N2O5/c1-19-6-3-4-7-22(19)18-35-23-10-8-21(9-11-23)26(31)24-25(20-12-14-29-15-13-20)30(16-5-17-34-2)28(33)27(24)32/h3-4,6-15,25,31H,5,16-18H2,1-2H3/b26-24+/t25-/m1/s1. The Bertz CT molecular complexity index is 1220. The molecule has 1 saturated heterocycles. The van der Waals surface area contributed by atoms with Gasteiger partial charge >= 0.3 is 0 Å². The van der Waals surface area contributed by atoms with Gasteiger partial charge in [0.1, 0.15) is 18.1 Å². The van der Waals surface area contributed by atoms with Gasteiger partial charge in [0.05, 0.1) is 11.6 Å². The van der Waals surface area contributed by atoms with Crippen molar-refractivity contribution >= 4 is 17.4 Å². The SMILES string of the molecule is COCCCN1C(=O)C(=O)/C(=C(/O)c2ccc(OCc3ccccc3C)cc2)[C@H]1c1ccncc1. The van der Waals surface area contributed by atoms with E-state index >= 15 is 0 Å². The van der Waals surface area contributed by atoms with Crippen LogP contribution in [0.15, 0.2) is 78.6 Å². The van der Waals surface area contributed by atoms with Crippen molar-refractivity contribution in [2.75, 3.05) is 20.3 Å². The highest BCUT2D eigenvalue weighted by molar-refractivity contribution is 6.46. The fourth-order valence-electron chi connectivity index (χ4n) is 4.18. The van der Waals surface area contributed by atoms with Gasteiger partial charge in [0, 0.05) is 38.2 Å². The van der Waals surface area contributed by atoms with E-state index in [1.54, 1.807) is 55.9 Å². The number of hydrogen-bond donors (Lipinski definition) is 1. The smallest absolute Gasteiger partial charge is 0.295 e. The van der Waals surface area contributed by atoms with Gasteiger partial charge in [-0.25, -0.2) is 0 Å². The van der Waals surface area contributed by atoms with Crippen molar-refractivity contribution in [3.8, 4) is 5.75 Å². The van der Waals surface area contributed by atoms with Gasteiger partial charge in [0.15, 0.2) is 0 Å². The van der Waals surface area contributed by atoms with Gasteiger partial charge < -0.3 is 19.5 Å². The van der Waals surface area contributed by atoms with E-state index in [9.17, 15) is 14.7 Å². The van der Waals surface area contributed by atoms with Crippen LogP contribution in [0, 0.1) is 6.92 Å². The molecule has 2 heterocycles. The summed E-state index contributed by atoms with van der Waals surface area (Å²) >= 11 is 0. The predicted octanol–water partition coefficient (Wildman–Crippen LogP) is 4.43. The fourth-order valence-corrected chi connectivity index (χ4v) is 4.18. The topological polar surface area (TPSA) is 89.0 Å². The second-order valence-electron chi connectivity index (χ2n) is 8.36. The highest BCUT2D eigenvalue weighted by atomic mass is 16.5. The predicted molar refractivity (Wildman–Crippen MR) is 132 cm³/mol. The number of hydrogen-bond acceptors (Lipinski definition) is 6. The van der Waals surface area contributed by atoms with Crippen LogP contribution in [0.3, 0.4) is 0 Å². The Morgan fingerprint density at radius 1 is 1.03 bits per heavy atom. The average molecular weight is 473 g/mol. The van der Waals surface area contributed by atoms with E-state index in [1.807, 2.05) is 31.2 Å². The van der Waals surface area contributed by atoms with E-state index in [2.05, 4.69) is 4.98 Å². The largest absolute Gasteiger partial charge is 0.507 e. The number of methoxy groups -OCH3 is 1. The summed E-state index contributed by atoms with van der Waals surface area (Å²) in [5, 5.41) is 11.2. The number of benzene rings is 2. The van der Waals surface area contributed by atoms with Crippen LogP contribution in [0.4, 0.5) is 0 Å². The molecular weight excluding hydrogens is 444 g/mol. The van der Waals surface area contributed by atoms with Crippen molar-refractivity contribution in [2.24, 2.45) is 0 Å². The number of ketones is 1. The van der Waals surface area contributed by atoms with Crippen LogP contribution < -0.4 is 4.74 Å². The summed E-state index contributed by atoms with van der Waals surface area (Å²) in [5.41, 5.74) is 3.43. The number of aliphatic hydroxyl groups is 1. The molecule has 1 atom stereocenters. The molecule has 0 saturated carbocycles. The number of amides is 1. The molecule has 0 spiro atoms. The number of aliphatic hydroxyl groups excluding tert-OH is 1. The normalized spacial score (nSPS) is 17.1. The number of Topliss-reactive ketones (excluding diaryl/α,β-unsaturated/α-hetero) is 1. The quantitative estimate of drug-likeness (QED) is 0.215. The molecule has 4 rings (SSSR count). The molecule has 0 unspecified atom stereocenters. The monoisotopic (exact) mass is 472 g/mol. The maximum atomic E-state index is 13.0. The molecule has 0 bridgehead atoms. The summed E-state index contributed by atoms with van der Waals surface area (Å²) in [6, 6.07) is 17.6. The number of nitrogens with zero attached hydrogens (tertiary/aromatic N) is 2. The molecule has 7 nitrogen and oxygen atoms in total. The molecule has 180 valence electrons. The maximum Gasteiger partial charge on any atom is 0.295 e. The fraction of sp³-hybridized carbons (Fsp3) is 0.250. The molecule has 2 aromatic carbocycles. The Hall–Kier alpha value is -3.97. The highest BCUT2D eigenvalue weighted by Crippen LogP contribution is 2.39. The summed E-state index contributed by atoms with van der Waals surface area (Å²) in [5.74, 6) is -0.926. The number of aryl methyl sites for hydroxylation is 1. The van der Waals surface area contributed by atoms with Crippen LogP contribution in [0.5, 0.6) is 5.75 Å². The third kappa shape index (κ3) is 5.25. The molecule has 0 aliphatic carbocycles. The maximum absolute atomic E-state index is 13.0. The first-order valence-corrected chi connectivity index (χ1v) is 11.5. The lowest BCUT2D eigenvalue weighted by molar-refractivity contribution is -0.140. The van der Waals surface area contributed by atoms with Crippen LogP contribution in [0.1, 0.15) is 34.7 Å². The lowest BCUT2D eigenvalue weighted by Crippen LogP contribution is -2.31. The molecular formula is C28H28N2O5. The van der Waals surface area contributed by atoms with Crippen molar-refractivity contribution in [3.63, 3.8) is 0 Å². The van der Waals surface area contributed by atoms with Gasteiger partial charge in [-0.2, -0.15) is 0 Å². The number of carbonyl (C=O) groups excluding carboxylic acids is 2. The van der Waals surface area contributed by atoms with Crippen LogP contribution in [-0.4, -0.2) is 46.9 Å². The minimum absolute atomic E-state index is 0.0622. The Labute approximate surface area is 204 Å². The lowest BCUT2D eigenvalue weighted by Gasteiger charge is -2.25. The van der Waals surface area contributed by atoms with Gasteiger partial charge in [-0.3, -0.25) is 14.6 Å². The number of carbonyl (C=O) groups is 2. The first-order valence-electron chi connectivity index (χ1n) is 11.5. The second kappa shape index (κ2) is 11.0. The van der Waals surface area contributed by atoms with Crippen molar-refractivity contribution in [1.29, 1.82) is 0 Å². The van der Waals surface area contributed by atoms with Crippen molar-refractivity contribution < 1.29 is 24.2 Å². The lowest BCUT2D eigenvalue weighted by atomic mass is 9.96. The minimum Gasteiger partial charge on any atom is -0.507 e. The van der Waals surface area contributed by atoms with Gasteiger partial charge in [-0.15, -0.1) is 0 Å². The van der Waals surface area contributed by atoms with Gasteiger partial charge in [-0.05, 0) is 66.4 Å². The van der Waals surface area contributed by atoms with Gasteiger partial charge in [0.2, 0.25) is 0 Å². The Morgan fingerprint density at radius 2 is 1.74 bits per heavy atom. The molecule has 7 heteroatoms. The zero-order chi connectivity index (χ0) is 24.8. The van der Waals surface area contributed by atoms with E-state index in [-0.39, 0.29) is 11.3 Å². The number of rotatable bonds is 9. The molecule has 1 aromatic heterocycles. The molecule has 35 heavy (non-hydrogen) atoms. The summed E-state index contributed by atoms with van der Waals surface area (Å²) in [7, 11) is 1.59. The average Bonchev–Trinajstić information content (AvgIpc) is 3.14. The van der Waals surface area contributed by atoms with Gasteiger partial charge in [0.25, 0.3) is 11.7 Å². The first-order chi connectivity index (χ1) is 17.0. The van der Waals surface area contributed by atoms with Crippen LogP contribution in [-0.2, 0) is 20.9 Å². The molecule has 1 N–H and O–H groups in total.